The molecular weight excluding hydrogens is 306 g/mol. The Morgan fingerprint density at radius 3 is 2.67 bits per heavy atom. The van der Waals surface area contributed by atoms with Crippen LogP contribution in [-0.4, -0.2) is 23.5 Å². The van der Waals surface area contributed by atoms with Crippen LogP contribution in [0.4, 0.5) is 5.69 Å². The summed E-state index contributed by atoms with van der Waals surface area (Å²) >= 11 is 0. The van der Waals surface area contributed by atoms with Gasteiger partial charge in [0.1, 0.15) is 11.6 Å². The molecule has 0 aliphatic rings. The van der Waals surface area contributed by atoms with Gasteiger partial charge in [-0.1, -0.05) is 18.6 Å². The van der Waals surface area contributed by atoms with Crippen molar-refractivity contribution in [2.24, 2.45) is 0 Å². The van der Waals surface area contributed by atoms with Crippen LogP contribution in [0.2, 0.25) is 0 Å². The van der Waals surface area contributed by atoms with Gasteiger partial charge in [-0.15, -0.1) is 0 Å². The molecule has 3 N–H and O–H groups in total. The number of carbonyl (C=O) groups excluding carboxylic acids is 1. The number of unbranched alkanes of at least 4 members (excludes halogenated alkanes) is 2. The molecule has 24 heavy (non-hydrogen) atoms. The molecule has 0 saturated heterocycles. The monoisotopic (exact) mass is 329 g/mol. The van der Waals surface area contributed by atoms with E-state index in [0.717, 1.165) is 24.0 Å². The van der Waals surface area contributed by atoms with E-state index in [1.807, 2.05) is 32.0 Å². The van der Waals surface area contributed by atoms with Crippen LogP contribution in [0.15, 0.2) is 30.0 Å². The molecule has 128 valence electrons. The van der Waals surface area contributed by atoms with Crippen molar-refractivity contribution in [1.82, 2.24) is 5.32 Å². The number of hydrogen-bond acceptors (Lipinski definition) is 4. The number of aryl methyl sites for hydroxylation is 1. The number of anilines is 1. The Balaban J connectivity index is 2.47. The van der Waals surface area contributed by atoms with Crippen LogP contribution in [-0.2, 0) is 9.59 Å². The van der Waals surface area contributed by atoms with Gasteiger partial charge in [0.15, 0.2) is 0 Å². The first-order valence-corrected chi connectivity index (χ1v) is 7.88. The van der Waals surface area contributed by atoms with Crippen LogP contribution in [0.1, 0.15) is 36.8 Å². The Kier molecular flexibility index (Phi) is 8.06. The molecule has 0 atom stereocenters. The molecule has 0 heterocycles. The summed E-state index contributed by atoms with van der Waals surface area (Å²) in [5.41, 5.74) is 2.72. The van der Waals surface area contributed by atoms with Crippen molar-refractivity contribution in [1.29, 1.82) is 5.26 Å². The van der Waals surface area contributed by atoms with Crippen molar-refractivity contribution >= 4 is 17.6 Å². The number of benzene rings is 1. The summed E-state index contributed by atoms with van der Waals surface area (Å²) in [7, 11) is 0. The summed E-state index contributed by atoms with van der Waals surface area (Å²) in [6, 6.07) is 7.49. The highest BCUT2D eigenvalue weighted by Crippen LogP contribution is 2.18. The highest BCUT2D eigenvalue weighted by Gasteiger charge is 2.11. The maximum atomic E-state index is 12.1. The van der Waals surface area contributed by atoms with E-state index in [4.69, 9.17) is 10.4 Å². The number of carboxylic acid groups (broad SMARTS) is 1. The lowest BCUT2D eigenvalue weighted by atomic mass is 10.1. The number of carbonyl (C=O) groups is 2. The quantitative estimate of drug-likeness (QED) is 0.367. The van der Waals surface area contributed by atoms with Gasteiger partial charge in [-0.3, -0.25) is 9.59 Å². The minimum atomic E-state index is -0.794. The minimum absolute atomic E-state index is 0.00134. The van der Waals surface area contributed by atoms with Gasteiger partial charge in [-0.25, -0.2) is 0 Å². The first-order valence-electron chi connectivity index (χ1n) is 7.88. The summed E-state index contributed by atoms with van der Waals surface area (Å²) in [5.74, 6) is -1.25. The average Bonchev–Trinajstić information content (AvgIpc) is 2.54. The van der Waals surface area contributed by atoms with Gasteiger partial charge >= 0.3 is 5.97 Å². The van der Waals surface area contributed by atoms with Gasteiger partial charge in [0.25, 0.3) is 5.91 Å². The van der Waals surface area contributed by atoms with E-state index in [-0.39, 0.29) is 12.0 Å². The van der Waals surface area contributed by atoms with Crippen molar-refractivity contribution in [3.8, 4) is 6.07 Å². The minimum Gasteiger partial charge on any atom is -0.481 e. The third-order valence-electron chi connectivity index (χ3n) is 3.68. The summed E-state index contributed by atoms with van der Waals surface area (Å²) in [5, 5.41) is 23.3. The summed E-state index contributed by atoms with van der Waals surface area (Å²) in [6.45, 7) is 4.45. The smallest absolute Gasteiger partial charge is 0.303 e. The second-order valence-electron chi connectivity index (χ2n) is 5.53. The molecule has 0 aliphatic heterocycles. The van der Waals surface area contributed by atoms with Crippen molar-refractivity contribution in [3.05, 3.63) is 41.1 Å². The molecule has 1 aromatic rings. The molecule has 1 rings (SSSR count). The van der Waals surface area contributed by atoms with E-state index in [2.05, 4.69) is 10.6 Å². The summed E-state index contributed by atoms with van der Waals surface area (Å²) in [6.07, 6.45) is 3.75. The molecule has 0 bridgehead atoms. The fraction of sp³-hybridized carbons (Fsp3) is 0.389. The first kappa shape index (κ1) is 19.2. The van der Waals surface area contributed by atoms with Crippen LogP contribution in [0.25, 0.3) is 0 Å². The maximum absolute atomic E-state index is 12.1. The highest BCUT2D eigenvalue weighted by atomic mass is 16.4. The SMILES string of the molecule is Cc1cccc(NC(=O)/C(C#N)=C\NCCCCCC(=O)O)c1C. The molecule has 0 fully saturated rings. The van der Waals surface area contributed by atoms with Gasteiger partial charge in [-0.2, -0.15) is 5.26 Å². The van der Waals surface area contributed by atoms with E-state index < -0.39 is 11.9 Å². The van der Waals surface area contributed by atoms with Gasteiger partial charge in [0.05, 0.1) is 0 Å². The standard InChI is InChI=1S/C18H23N3O3/c1-13-7-6-8-16(14(13)2)21-18(24)15(11-19)12-20-10-5-3-4-9-17(22)23/h6-8,12,20H,3-5,9-10H2,1-2H3,(H,21,24)(H,22,23)/b15-12-. The third kappa shape index (κ3) is 6.53. The first-order chi connectivity index (χ1) is 11.5. The molecule has 1 amide bonds. The Morgan fingerprint density at radius 2 is 2.00 bits per heavy atom. The van der Waals surface area contributed by atoms with Gasteiger partial charge in [-0.05, 0) is 43.9 Å². The normalized spacial score (nSPS) is 10.8. The van der Waals surface area contributed by atoms with Crippen LogP contribution in [0, 0.1) is 25.2 Å². The molecule has 0 saturated carbocycles. The zero-order valence-electron chi connectivity index (χ0n) is 14.1. The zero-order chi connectivity index (χ0) is 17.9. The second kappa shape index (κ2) is 10.1. The van der Waals surface area contributed by atoms with E-state index in [0.29, 0.717) is 18.7 Å². The van der Waals surface area contributed by atoms with Crippen LogP contribution >= 0.6 is 0 Å². The number of nitrogens with one attached hydrogen (secondary N) is 2. The lowest BCUT2D eigenvalue weighted by Crippen LogP contribution is -2.18. The lowest BCUT2D eigenvalue weighted by Gasteiger charge is -2.10. The lowest BCUT2D eigenvalue weighted by molar-refractivity contribution is -0.137. The summed E-state index contributed by atoms with van der Waals surface area (Å²) in [4.78, 5) is 22.5. The third-order valence-corrected chi connectivity index (χ3v) is 3.68. The largest absolute Gasteiger partial charge is 0.481 e. The number of nitriles is 1. The fourth-order valence-corrected chi connectivity index (χ4v) is 2.08. The molecule has 0 unspecified atom stereocenters. The van der Waals surface area contributed by atoms with Crippen molar-refractivity contribution < 1.29 is 14.7 Å². The van der Waals surface area contributed by atoms with Crippen molar-refractivity contribution in [2.45, 2.75) is 39.5 Å². The Hall–Kier alpha value is -2.81. The van der Waals surface area contributed by atoms with Crippen LogP contribution < -0.4 is 10.6 Å². The Bertz CT molecular complexity index is 660. The molecule has 0 radical (unpaired) electrons. The number of carboxylic acids is 1. The molecular formula is C18H23N3O3. The van der Waals surface area contributed by atoms with E-state index in [1.165, 1.54) is 6.20 Å². The van der Waals surface area contributed by atoms with Crippen LogP contribution in [0.5, 0.6) is 0 Å². The fourth-order valence-electron chi connectivity index (χ4n) is 2.08. The van der Waals surface area contributed by atoms with Crippen LogP contribution in [0.3, 0.4) is 0 Å². The Labute approximate surface area is 142 Å². The Morgan fingerprint density at radius 1 is 1.25 bits per heavy atom. The molecule has 0 aliphatic carbocycles. The topological polar surface area (TPSA) is 102 Å². The molecule has 6 heteroatoms. The molecule has 0 spiro atoms. The molecule has 1 aromatic carbocycles. The number of hydrogen-bond donors (Lipinski definition) is 3. The van der Waals surface area contributed by atoms with Crippen molar-refractivity contribution in [3.63, 3.8) is 0 Å². The van der Waals surface area contributed by atoms with E-state index in [1.54, 1.807) is 6.07 Å². The highest BCUT2D eigenvalue weighted by molar-refractivity contribution is 6.06. The predicted molar refractivity (Wildman–Crippen MR) is 92.3 cm³/mol. The molecule has 6 nitrogen and oxygen atoms in total. The summed E-state index contributed by atoms with van der Waals surface area (Å²) < 4.78 is 0. The van der Waals surface area contributed by atoms with E-state index >= 15 is 0 Å². The number of amides is 1. The number of aliphatic carboxylic acids is 1. The molecule has 0 aromatic heterocycles. The van der Waals surface area contributed by atoms with Gasteiger partial charge < -0.3 is 15.7 Å². The van der Waals surface area contributed by atoms with E-state index in [9.17, 15) is 9.59 Å². The maximum Gasteiger partial charge on any atom is 0.303 e. The zero-order valence-corrected chi connectivity index (χ0v) is 14.1. The van der Waals surface area contributed by atoms with Gasteiger partial charge in [0.2, 0.25) is 0 Å². The second-order valence-corrected chi connectivity index (χ2v) is 5.53. The van der Waals surface area contributed by atoms with Crippen molar-refractivity contribution in [2.75, 3.05) is 11.9 Å². The van der Waals surface area contributed by atoms with Gasteiger partial charge in [0, 0.05) is 24.9 Å². The number of nitrogens with zero attached hydrogens (tertiary/aromatic N) is 1. The average molecular weight is 329 g/mol. The number of rotatable bonds is 9. The predicted octanol–water partition coefficient (Wildman–Crippen LogP) is 2.88.